The molecule has 0 radical (unpaired) electrons. The van der Waals surface area contributed by atoms with Crippen molar-refractivity contribution in [1.82, 2.24) is 0 Å². The van der Waals surface area contributed by atoms with Gasteiger partial charge in [0.25, 0.3) is 0 Å². The molecule has 0 amide bonds. The number of fused-ring (bicyclic) bond motifs is 1. The largest absolute Gasteiger partial charge is 0.310 e. The Morgan fingerprint density at radius 2 is 1.62 bits per heavy atom. The second-order valence-corrected chi connectivity index (χ2v) is 9.79. The molecule has 4 aromatic rings. The summed E-state index contributed by atoms with van der Waals surface area (Å²) >= 11 is 0. The van der Waals surface area contributed by atoms with Gasteiger partial charge in [-0.25, -0.2) is 0 Å². The van der Waals surface area contributed by atoms with E-state index in [2.05, 4.69) is 147 Å². The molecular formula is C38H39N. The number of hydrogen-bond donors (Lipinski definition) is 0. The number of rotatable bonds is 11. The lowest BCUT2D eigenvalue weighted by atomic mass is 9.92. The molecule has 0 saturated carbocycles. The number of hydrogen-bond acceptors (Lipinski definition) is 1. The van der Waals surface area contributed by atoms with Crippen LogP contribution >= 0.6 is 0 Å². The Morgan fingerprint density at radius 3 is 2.38 bits per heavy atom. The quantitative estimate of drug-likeness (QED) is 0.182. The molecule has 1 atom stereocenters. The molecule has 0 aliphatic rings. The Labute approximate surface area is 234 Å². The van der Waals surface area contributed by atoms with Crippen molar-refractivity contribution in [2.24, 2.45) is 0 Å². The van der Waals surface area contributed by atoms with Gasteiger partial charge >= 0.3 is 0 Å². The molecule has 0 bridgehead atoms. The molecule has 0 fully saturated rings. The Morgan fingerprint density at radius 1 is 0.846 bits per heavy atom. The number of benzene rings is 4. The highest BCUT2D eigenvalue weighted by molar-refractivity contribution is 5.99. The molecule has 0 saturated heterocycles. The van der Waals surface area contributed by atoms with E-state index in [1.807, 2.05) is 25.2 Å². The SMILES string of the molecule is C=C/C=C\C(=C/CC)C[C@H](C)c1ccc(N(c2cccc(/C=C\C=C/C)c2)c2cccc3ccccc23)cc1. The molecule has 0 aliphatic carbocycles. The second kappa shape index (κ2) is 14.0. The van der Waals surface area contributed by atoms with Crippen LogP contribution in [0.4, 0.5) is 17.1 Å². The first-order valence-corrected chi connectivity index (χ1v) is 13.9. The van der Waals surface area contributed by atoms with Crippen LogP contribution < -0.4 is 4.90 Å². The minimum absolute atomic E-state index is 0.414. The maximum Gasteiger partial charge on any atom is 0.0540 e. The molecule has 196 valence electrons. The highest BCUT2D eigenvalue weighted by atomic mass is 15.1. The molecule has 39 heavy (non-hydrogen) atoms. The van der Waals surface area contributed by atoms with Crippen LogP contribution in [0.15, 0.2) is 146 Å². The first-order valence-electron chi connectivity index (χ1n) is 13.9. The lowest BCUT2D eigenvalue weighted by Crippen LogP contribution is -2.11. The normalized spacial score (nSPS) is 13.1. The molecule has 4 aromatic carbocycles. The van der Waals surface area contributed by atoms with Crippen molar-refractivity contribution in [1.29, 1.82) is 0 Å². The molecule has 0 N–H and O–H groups in total. The molecular weight excluding hydrogens is 470 g/mol. The van der Waals surface area contributed by atoms with Crippen molar-refractivity contribution in [3.63, 3.8) is 0 Å². The highest BCUT2D eigenvalue weighted by Crippen LogP contribution is 2.39. The fourth-order valence-corrected chi connectivity index (χ4v) is 4.97. The highest BCUT2D eigenvalue weighted by Gasteiger charge is 2.16. The molecule has 1 nitrogen and oxygen atoms in total. The zero-order valence-electron chi connectivity index (χ0n) is 23.4. The average Bonchev–Trinajstić information content (AvgIpc) is 2.97. The van der Waals surface area contributed by atoms with Crippen LogP contribution in [0.3, 0.4) is 0 Å². The molecule has 4 rings (SSSR count). The zero-order valence-corrected chi connectivity index (χ0v) is 23.4. The molecule has 0 aliphatic heterocycles. The van der Waals surface area contributed by atoms with E-state index < -0.39 is 0 Å². The molecule has 0 aromatic heterocycles. The van der Waals surface area contributed by atoms with E-state index in [4.69, 9.17) is 0 Å². The second-order valence-electron chi connectivity index (χ2n) is 9.79. The van der Waals surface area contributed by atoms with Gasteiger partial charge in [0.05, 0.1) is 5.69 Å². The summed E-state index contributed by atoms with van der Waals surface area (Å²) in [4.78, 5) is 2.37. The van der Waals surface area contributed by atoms with Crippen molar-refractivity contribution in [3.8, 4) is 0 Å². The minimum atomic E-state index is 0.414. The van der Waals surface area contributed by atoms with Crippen LogP contribution in [0.1, 0.15) is 50.7 Å². The Bertz CT molecular complexity index is 1490. The smallest absolute Gasteiger partial charge is 0.0540 e. The summed E-state index contributed by atoms with van der Waals surface area (Å²) in [6.45, 7) is 10.4. The van der Waals surface area contributed by atoms with E-state index in [1.54, 1.807) is 0 Å². The predicted octanol–water partition coefficient (Wildman–Crippen LogP) is 11.5. The van der Waals surface area contributed by atoms with E-state index in [0.717, 1.165) is 24.2 Å². The van der Waals surface area contributed by atoms with Crippen LogP contribution in [0.25, 0.3) is 16.8 Å². The van der Waals surface area contributed by atoms with Crippen molar-refractivity contribution in [2.75, 3.05) is 4.90 Å². The molecule has 0 unspecified atom stereocenters. The third-order valence-electron chi connectivity index (χ3n) is 6.90. The van der Waals surface area contributed by atoms with E-state index in [0.29, 0.717) is 5.92 Å². The van der Waals surface area contributed by atoms with Crippen LogP contribution in [0.5, 0.6) is 0 Å². The van der Waals surface area contributed by atoms with Crippen molar-refractivity contribution in [3.05, 3.63) is 157 Å². The summed E-state index contributed by atoms with van der Waals surface area (Å²) in [7, 11) is 0. The van der Waals surface area contributed by atoms with Crippen LogP contribution in [0.2, 0.25) is 0 Å². The van der Waals surface area contributed by atoms with Gasteiger partial charge in [0, 0.05) is 16.8 Å². The third-order valence-corrected chi connectivity index (χ3v) is 6.90. The lowest BCUT2D eigenvalue weighted by Gasteiger charge is -2.27. The van der Waals surface area contributed by atoms with Gasteiger partial charge in [-0.2, -0.15) is 0 Å². The fraction of sp³-hybridized carbons (Fsp3) is 0.158. The third kappa shape index (κ3) is 7.15. The van der Waals surface area contributed by atoms with E-state index in [-0.39, 0.29) is 0 Å². The summed E-state index contributed by atoms with van der Waals surface area (Å²) < 4.78 is 0. The fourth-order valence-electron chi connectivity index (χ4n) is 4.97. The monoisotopic (exact) mass is 509 g/mol. The lowest BCUT2D eigenvalue weighted by molar-refractivity contribution is 0.759. The van der Waals surface area contributed by atoms with Crippen molar-refractivity contribution < 1.29 is 0 Å². The van der Waals surface area contributed by atoms with Gasteiger partial charge in [-0.15, -0.1) is 0 Å². The van der Waals surface area contributed by atoms with E-state index >= 15 is 0 Å². The van der Waals surface area contributed by atoms with Gasteiger partial charge in [-0.1, -0.05) is 135 Å². The van der Waals surface area contributed by atoms with Crippen molar-refractivity contribution >= 4 is 33.9 Å². The summed E-state index contributed by atoms with van der Waals surface area (Å²) in [5.41, 5.74) is 7.32. The minimum Gasteiger partial charge on any atom is -0.310 e. The van der Waals surface area contributed by atoms with Gasteiger partial charge in [-0.3, -0.25) is 0 Å². The predicted molar refractivity (Wildman–Crippen MR) is 173 cm³/mol. The standard InChI is InChI=1S/C38H39N/c1-5-8-10-17-32-18-13-21-36(29-32)39(38-23-14-20-34-19-11-12-22-37(34)38)35-26-24-33(25-27-35)30(4)28-31(15-7-3)16-9-6-2/h5-6,8-27,29-30H,2,7,28H2,1,3-4H3/b8-5-,16-9-,17-10-,31-15+/t30-/m0/s1. The Hall–Kier alpha value is -4.36. The van der Waals surface area contributed by atoms with E-state index in [9.17, 15) is 0 Å². The topological polar surface area (TPSA) is 3.24 Å². The van der Waals surface area contributed by atoms with E-state index in [1.165, 1.54) is 33.2 Å². The van der Waals surface area contributed by atoms with Crippen molar-refractivity contribution in [2.45, 2.75) is 39.5 Å². The molecule has 0 heterocycles. The van der Waals surface area contributed by atoms with Gasteiger partial charge in [0.2, 0.25) is 0 Å². The summed E-state index contributed by atoms with van der Waals surface area (Å²) in [5, 5.41) is 2.47. The maximum atomic E-state index is 3.82. The van der Waals surface area contributed by atoms with Crippen LogP contribution in [-0.2, 0) is 0 Å². The zero-order chi connectivity index (χ0) is 27.5. The van der Waals surface area contributed by atoms with Crippen LogP contribution in [-0.4, -0.2) is 0 Å². The Kier molecular flexibility index (Phi) is 9.92. The number of anilines is 3. The molecule has 0 spiro atoms. The van der Waals surface area contributed by atoms with Gasteiger partial charge in [0.1, 0.15) is 0 Å². The summed E-state index contributed by atoms with van der Waals surface area (Å²) in [6.07, 6.45) is 18.7. The van der Waals surface area contributed by atoms with Gasteiger partial charge < -0.3 is 4.90 Å². The molecule has 1 heteroatoms. The number of nitrogens with zero attached hydrogens (tertiary/aromatic N) is 1. The first kappa shape index (κ1) is 27.7. The summed E-state index contributed by atoms with van der Waals surface area (Å²) in [5.74, 6) is 0.414. The van der Waals surface area contributed by atoms with Gasteiger partial charge in [0.15, 0.2) is 0 Å². The maximum absolute atomic E-state index is 3.82. The average molecular weight is 510 g/mol. The Balaban J connectivity index is 1.75. The first-order chi connectivity index (χ1) is 19.1. The summed E-state index contributed by atoms with van der Waals surface area (Å²) in [6, 6.07) is 33.0. The number of allylic oxidation sites excluding steroid dienone is 8. The van der Waals surface area contributed by atoms with Gasteiger partial charge in [-0.05, 0) is 72.5 Å². The van der Waals surface area contributed by atoms with Crippen LogP contribution in [0, 0.1) is 0 Å².